The number of carbonyl (C=O) groups excluding carboxylic acids is 3. The minimum atomic E-state index is -1.52. The molecule has 4 heterocycles. The first-order chi connectivity index (χ1) is 16.2. The summed E-state index contributed by atoms with van der Waals surface area (Å²) in [5, 5.41) is 25.9. The number of carboxylic acids is 1. The number of methoxy groups -OCH3 is 1. The van der Waals surface area contributed by atoms with E-state index in [4.69, 9.17) is 22.1 Å². The van der Waals surface area contributed by atoms with Gasteiger partial charge < -0.3 is 30.9 Å². The molecule has 0 unspecified atom stereocenters. The van der Waals surface area contributed by atoms with E-state index in [2.05, 4.69) is 19.8 Å². The number of fused-ring (bicyclic) bond motifs is 1. The van der Waals surface area contributed by atoms with Gasteiger partial charge in [0.05, 0.1) is 23.7 Å². The molecular formula is C18H14ClN6NaO6S3. The van der Waals surface area contributed by atoms with Crippen molar-refractivity contribution in [2.75, 3.05) is 18.6 Å². The number of nitrogens with one attached hydrogen (secondary N) is 1. The van der Waals surface area contributed by atoms with Crippen LogP contribution >= 0.6 is 46.2 Å². The van der Waals surface area contributed by atoms with E-state index in [9.17, 15) is 24.7 Å². The van der Waals surface area contributed by atoms with Crippen LogP contribution in [0.15, 0.2) is 28.6 Å². The number of oxime groups is 1. The number of thioether (sulfide) groups is 1. The van der Waals surface area contributed by atoms with Crippen LogP contribution in [0.3, 0.4) is 0 Å². The van der Waals surface area contributed by atoms with E-state index in [0.29, 0.717) is 11.5 Å². The average Bonchev–Trinajstić information content (AvgIpc) is 3.41. The number of nitrogens with zero attached hydrogens (tertiary/aromatic N) is 4. The van der Waals surface area contributed by atoms with Crippen molar-refractivity contribution in [1.82, 2.24) is 19.6 Å². The van der Waals surface area contributed by atoms with Gasteiger partial charge in [-0.05, 0) is 23.2 Å². The maximum absolute atomic E-state index is 12.8. The summed E-state index contributed by atoms with van der Waals surface area (Å²) in [6.45, 7) is 0. The number of aromatic nitrogens is 2. The number of hydrogen-bond acceptors (Lipinski definition) is 13. The van der Waals surface area contributed by atoms with Gasteiger partial charge in [-0.25, -0.2) is 4.98 Å². The zero-order chi connectivity index (χ0) is 24.6. The number of halogens is 1. The molecule has 4 N–H and O–H groups in total. The van der Waals surface area contributed by atoms with Crippen LogP contribution in [0.4, 0.5) is 5.13 Å². The molecule has 12 nitrogen and oxygen atoms in total. The summed E-state index contributed by atoms with van der Waals surface area (Å²) in [6.07, 6.45) is 3.24. The molecule has 0 bridgehead atoms. The van der Waals surface area contributed by atoms with Gasteiger partial charge in [-0.2, -0.15) is 4.37 Å². The van der Waals surface area contributed by atoms with Crippen LogP contribution in [0.25, 0.3) is 6.08 Å². The molecule has 35 heavy (non-hydrogen) atoms. The van der Waals surface area contributed by atoms with Gasteiger partial charge in [0.1, 0.15) is 21.4 Å². The number of ether oxygens (including phenoxy) is 1. The molecule has 2 aliphatic rings. The fourth-order valence-corrected chi connectivity index (χ4v) is 6.11. The Labute approximate surface area is 237 Å². The molecule has 2 atom stereocenters. The predicted octanol–water partition coefficient (Wildman–Crippen LogP) is -2.86. The number of nitrogens with two attached hydrogens (primary N) is 1. The number of anilines is 1. The molecule has 0 radical (unpaired) electrons. The van der Waals surface area contributed by atoms with Crippen molar-refractivity contribution in [3.8, 4) is 5.88 Å². The van der Waals surface area contributed by atoms with Gasteiger partial charge in [-0.15, -0.1) is 11.8 Å². The molecule has 0 saturated carbocycles. The molecule has 2 aliphatic heterocycles. The normalized spacial score (nSPS) is 19.8. The van der Waals surface area contributed by atoms with Crippen LogP contribution in [0.5, 0.6) is 5.88 Å². The molecule has 17 heteroatoms. The number of aliphatic carboxylic acids is 1. The minimum Gasteiger partial charge on any atom is -0.543 e. The molecule has 0 aromatic carbocycles. The Kier molecular flexibility index (Phi) is 8.85. The van der Waals surface area contributed by atoms with E-state index >= 15 is 0 Å². The van der Waals surface area contributed by atoms with Gasteiger partial charge in [-0.1, -0.05) is 34.2 Å². The zero-order valence-electron chi connectivity index (χ0n) is 18.1. The molecule has 0 aliphatic carbocycles. The van der Waals surface area contributed by atoms with Gasteiger partial charge in [0, 0.05) is 11.8 Å². The first kappa shape index (κ1) is 27.4. The Morgan fingerprint density at radius 3 is 2.77 bits per heavy atom. The van der Waals surface area contributed by atoms with Crippen molar-refractivity contribution in [3.63, 3.8) is 0 Å². The number of thiazole rings is 1. The Morgan fingerprint density at radius 1 is 1.46 bits per heavy atom. The largest absolute Gasteiger partial charge is 1.00 e. The Morgan fingerprint density at radius 2 is 2.20 bits per heavy atom. The van der Waals surface area contributed by atoms with Crippen LogP contribution < -0.4 is 50.5 Å². The van der Waals surface area contributed by atoms with Crippen LogP contribution in [0, 0.1) is 0 Å². The van der Waals surface area contributed by atoms with Gasteiger partial charge in [0.25, 0.3) is 11.8 Å². The summed E-state index contributed by atoms with van der Waals surface area (Å²) in [6, 6.07) is 0.622. The number of nitrogen functional groups attached to an aromatic ring is 1. The van der Waals surface area contributed by atoms with E-state index in [1.54, 1.807) is 18.2 Å². The zero-order valence-corrected chi connectivity index (χ0v) is 23.3. The van der Waals surface area contributed by atoms with Crippen molar-refractivity contribution in [2.45, 2.75) is 11.4 Å². The number of β-lactam (4-membered cyclic amide) rings is 1. The molecule has 1 saturated heterocycles. The van der Waals surface area contributed by atoms with Gasteiger partial charge in [0.2, 0.25) is 5.88 Å². The molecule has 0 spiro atoms. The Hall–Kier alpha value is -2.14. The topological polar surface area (TPSA) is 183 Å². The van der Waals surface area contributed by atoms with Crippen LogP contribution in [-0.2, 0) is 14.4 Å². The first-order valence-corrected chi connectivity index (χ1v) is 12.3. The van der Waals surface area contributed by atoms with Crippen molar-refractivity contribution >= 4 is 80.9 Å². The smallest absolute Gasteiger partial charge is 0.543 e. The summed E-state index contributed by atoms with van der Waals surface area (Å²) in [5.74, 6) is -2.42. The van der Waals surface area contributed by atoms with Gasteiger partial charge in [0.15, 0.2) is 10.8 Å². The first-order valence-electron chi connectivity index (χ1n) is 9.28. The maximum Gasteiger partial charge on any atom is 1.00 e. The van der Waals surface area contributed by atoms with E-state index < -0.39 is 34.9 Å². The molecular weight excluding hydrogens is 551 g/mol. The quantitative estimate of drug-likeness (QED) is 0.104. The number of allylic oxidation sites excluding steroid dienone is 1. The Balaban J connectivity index is 0.00000342. The monoisotopic (exact) mass is 564 g/mol. The van der Waals surface area contributed by atoms with E-state index in [1.807, 2.05) is 0 Å². The van der Waals surface area contributed by atoms with Crippen molar-refractivity contribution in [3.05, 3.63) is 38.3 Å². The summed E-state index contributed by atoms with van der Waals surface area (Å²) in [7, 11) is 1.48. The van der Waals surface area contributed by atoms with Crippen molar-refractivity contribution in [2.24, 2.45) is 5.16 Å². The standard InChI is InChI=1S/C18H15ClN6O6S3.Na/c1-31-8-4-7(34-24-8)3-2-6-5-32-16-11(15(27)25(16)12(6)17(28)29)21-14(26)10(23-30)9-13(19)33-18(20)22-9;/h2-4,11,16,30H,5H2,1H3,(H2,20,22)(H,21,26)(H,28,29);/q;+1/p-1/b3-2-,23-10-;/t11-,16-;/m1./s1. The van der Waals surface area contributed by atoms with E-state index in [1.165, 1.54) is 30.4 Å². The maximum atomic E-state index is 12.8. The summed E-state index contributed by atoms with van der Waals surface area (Å²) in [4.78, 5) is 42.9. The van der Waals surface area contributed by atoms with E-state index in [0.717, 1.165) is 21.1 Å². The fraction of sp³-hybridized carbons (Fsp3) is 0.222. The second-order valence-corrected chi connectivity index (χ2v) is 10.3. The predicted molar refractivity (Wildman–Crippen MR) is 125 cm³/mol. The third kappa shape index (κ3) is 5.35. The molecule has 178 valence electrons. The van der Waals surface area contributed by atoms with Crippen molar-refractivity contribution in [1.29, 1.82) is 0 Å². The number of hydrogen-bond donors (Lipinski definition) is 3. The number of carbonyl (C=O) groups is 3. The van der Waals surface area contributed by atoms with Crippen LogP contribution in [-0.4, -0.2) is 67.2 Å². The molecule has 2 amide bonds. The average molecular weight is 565 g/mol. The molecule has 2 aromatic heterocycles. The van der Waals surface area contributed by atoms with Gasteiger partial charge >= 0.3 is 29.6 Å². The molecule has 2 aromatic rings. The number of amides is 2. The summed E-state index contributed by atoms with van der Waals surface area (Å²) < 4.78 is 9.11. The second-order valence-electron chi connectivity index (χ2n) is 6.75. The van der Waals surface area contributed by atoms with Crippen LogP contribution in [0.1, 0.15) is 10.6 Å². The minimum absolute atomic E-state index is 0. The van der Waals surface area contributed by atoms with E-state index in [-0.39, 0.29) is 56.2 Å². The van der Waals surface area contributed by atoms with Crippen molar-refractivity contribution < 1.29 is 59.0 Å². The van der Waals surface area contributed by atoms with Gasteiger partial charge in [-0.3, -0.25) is 14.5 Å². The third-order valence-electron chi connectivity index (χ3n) is 4.78. The summed E-state index contributed by atoms with van der Waals surface area (Å²) >= 11 is 9.27. The number of carboxylic acid groups (broad SMARTS) is 1. The second kappa shape index (κ2) is 11.3. The number of rotatable bonds is 7. The molecule has 1 fully saturated rings. The molecule has 4 rings (SSSR count). The fourth-order valence-electron chi connectivity index (χ4n) is 3.26. The Bertz CT molecular complexity index is 1280. The SMILES string of the molecule is COc1cc(/C=C\C2=C(C(=O)[O-])N3C(=O)[C@@H](NC(=O)/C(=N\O)c4nc(N)sc4Cl)[C@H]3SC2)sn1.[Na+]. The summed E-state index contributed by atoms with van der Waals surface area (Å²) in [5.41, 5.74) is 4.99. The van der Waals surface area contributed by atoms with Crippen LogP contribution in [0.2, 0.25) is 4.34 Å². The third-order valence-corrected chi connectivity index (χ3v) is 7.91.